The number of alkyl halides is 6. The lowest BCUT2D eigenvalue weighted by atomic mass is 10.1. The summed E-state index contributed by atoms with van der Waals surface area (Å²) in [5.41, 5.74) is -5.42. The maximum absolute atomic E-state index is 15.0. The molecule has 0 aliphatic heterocycles. The first-order valence-electron chi connectivity index (χ1n) is 13.8. The van der Waals surface area contributed by atoms with Crippen LogP contribution in [0.15, 0.2) is 57.0 Å². The molecule has 18 heteroatoms. The van der Waals surface area contributed by atoms with Crippen molar-refractivity contribution in [1.29, 1.82) is 0 Å². The van der Waals surface area contributed by atoms with Gasteiger partial charge in [-0.3, -0.25) is 9.59 Å². The maximum atomic E-state index is 15.0. The molecule has 6 rings (SSSR count). The van der Waals surface area contributed by atoms with Crippen LogP contribution in [0.2, 0.25) is 0 Å². The fourth-order valence-corrected chi connectivity index (χ4v) is 4.85. The van der Waals surface area contributed by atoms with Crippen molar-refractivity contribution in [2.45, 2.75) is 56.5 Å². The maximum Gasteiger partial charge on any atom is 0.423 e. The number of rotatable bonds is 9. The van der Waals surface area contributed by atoms with Crippen molar-refractivity contribution >= 4 is 16.5 Å². The number of aromatic nitrogens is 7. The summed E-state index contributed by atoms with van der Waals surface area (Å²) in [4.78, 5) is 32.4. The lowest BCUT2D eigenvalue weighted by Crippen LogP contribution is -2.26. The first kappa shape index (κ1) is 30.8. The minimum absolute atomic E-state index is 0.0127. The SMILES string of the molecule is O=c1[nH]ncc(NC(CCCn2ccc3cc(-c4ncc(C(F)(F)F)cn4)c(F)cc3c2=O)c2nnc(C3CC3)o2)c1C(F)(F)F. The first-order chi connectivity index (χ1) is 21.8. The number of fused-ring (bicyclic) bond motifs is 1. The molecular weight excluding hydrogens is 629 g/mol. The van der Waals surface area contributed by atoms with E-state index in [4.69, 9.17) is 4.42 Å². The zero-order valence-electron chi connectivity index (χ0n) is 23.3. The second kappa shape index (κ2) is 11.6. The molecule has 11 nitrogen and oxygen atoms in total. The van der Waals surface area contributed by atoms with E-state index in [1.165, 1.54) is 22.9 Å². The van der Waals surface area contributed by atoms with Crippen LogP contribution < -0.4 is 16.4 Å². The van der Waals surface area contributed by atoms with Gasteiger partial charge in [-0.1, -0.05) is 0 Å². The predicted molar refractivity (Wildman–Crippen MR) is 146 cm³/mol. The van der Waals surface area contributed by atoms with E-state index >= 15 is 4.39 Å². The number of anilines is 1. The summed E-state index contributed by atoms with van der Waals surface area (Å²) in [6.45, 7) is 0.0434. The Morgan fingerprint density at radius 2 is 1.76 bits per heavy atom. The molecule has 0 amide bonds. The average molecular weight is 651 g/mol. The van der Waals surface area contributed by atoms with Crippen molar-refractivity contribution in [2.24, 2.45) is 0 Å². The largest absolute Gasteiger partial charge is 0.423 e. The Morgan fingerprint density at radius 1 is 1.02 bits per heavy atom. The Labute approximate surface area is 252 Å². The number of aryl methyl sites for hydroxylation is 1. The topological polar surface area (TPSA) is 144 Å². The van der Waals surface area contributed by atoms with E-state index < -0.39 is 52.1 Å². The van der Waals surface area contributed by atoms with Crippen LogP contribution in [0.4, 0.5) is 36.4 Å². The van der Waals surface area contributed by atoms with Crippen molar-refractivity contribution in [3.63, 3.8) is 0 Å². The van der Waals surface area contributed by atoms with E-state index in [1.807, 2.05) is 0 Å². The van der Waals surface area contributed by atoms with Crippen LogP contribution in [0.1, 0.15) is 60.6 Å². The summed E-state index contributed by atoms with van der Waals surface area (Å²) in [6.07, 6.45) is -4.44. The number of aromatic amines is 1. The highest BCUT2D eigenvalue weighted by atomic mass is 19.4. The smallest absolute Gasteiger partial charge is 0.423 e. The fraction of sp³-hybridized carbons (Fsp3) is 0.321. The summed E-state index contributed by atoms with van der Waals surface area (Å²) in [7, 11) is 0. The number of pyridine rings is 1. The fourth-order valence-electron chi connectivity index (χ4n) is 4.85. The molecule has 1 atom stereocenters. The van der Waals surface area contributed by atoms with Gasteiger partial charge in [-0.2, -0.15) is 31.4 Å². The zero-order chi connectivity index (χ0) is 32.8. The van der Waals surface area contributed by atoms with Gasteiger partial charge in [-0.25, -0.2) is 19.5 Å². The normalized spacial score (nSPS) is 14.5. The minimum Gasteiger partial charge on any atom is -0.423 e. The molecule has 1 fully saturated rings. The standard InChI is InChI=1S/C28H21F7N8O3/c29-18-9-16-14(8-17(18)22-36-10-15(11-37-22)27(30,31)32)5-7-43(26(16)45)6-1-2-19(25-42-41-24(46-25)13-3-4-13)39-20-12-38-40-23(44)21(20)28(33,34)35/h5,7-13,19H,1-4,6H2,(H2,39,40,44). The molecule has 46 heavy (non-hydrogen) atoms. The van der Waals surface area contributed by atoms with Crippen molar-refractivity contribution in [3.8, 4) is 11.4 Å². The van der Waals surface area contributed by atoms with Gasteiger partial charge in [0.2, 0.25) is 11.8 Å². The molecule has 240 valence electrons. The van der Waals surface area contributed by atoms with E-state index in [2.05, 4.69) is 30.6 Å². The van der Waals surface area contributed by atoms with Gasteiger partial charge in [-0.05, 0) is 49.3 Å². The molecule has 0 spiro atoms. The number of nitrogens with zero attached hydrogens (tertiary/aromatic N) is 6. The van der Waals surface area contributed by atoms with Gasteiger partial charge >= 0.3 is 12.4 Å². The molecule has 1 unspecified atom stereocenters. The lowest BCUT2D eigenvalue weighted by Gasteiger charge is -2.19. The van der Waals surface area contributed by atoms with E-state index in [1.54, 1.807) is 5.10 Å². The summed E-state index contributed by atoms with van der Waals surface area (Å²) in [6, 6.07) is 2.69. The van der Waals surface area contributed by atoms with Crippen LogP contribution in [0.5, 0.6) is 0 Å². The highest BCUT2D eigenvalue weighted by molar-refractivity contribution is 5.86. The molecule has 4 heterocycles. The Balaban J connectivity index is 1.23. The number of H-pyrrole nitrogens is 1. The summed E-state index contributed by atoms with van der Waals surface area (Å²) in [5.74, 6) is -0.833. The van der Waals surface area contributed by atoms with Crippen molar-refractivity contribution in [2.75, 3.05) is 5.32 Å². The molecule has 0 bridgehead atoms. The summed E-state index contributed by atoms with van der Waals surface area (Å²) in [5, 5.41) is 16.1. The van der Waals surface area contributed by atoms with E-state index in [-0.39, 0.29) is 53.4 Å². The molecule has 1 aliphatic carbocycles. The minimum atomic E-state index is -5.00. The summed E-state index contributed by atoms with van der Waals surface area (Å²) >= 11 is 0. The van der Waals surface area contributed by atoms with Crippen LogP contribution in [-0.4, -0.2) is 34.9 Å². The van der Waals surface area contributed by atoms with Crippen LogP contribution in [-0.2, 0) is 18.9 Å². The zero-order valence-corrected chi connectivity index (χ0v) is 23.3. The van der Waals surface area contributed by atoms with Gasteiger partial charge in [-0.15, -0.1) is 10.2 Å². The second-order valence-corrected chi connectivity index (χ2v) is 10.6. The van der Waals surface area contributed by atoms with Gasteiger partial charge in [0.15, 0.2) is 5.82 Å². The summed E-state index contributed by atoms with van der Waals surface area (Å²) < 4.78 is 102. The molecule has 1 aromatic carbocycles. The first-order valence-corrected chi connectivity index (χ1v) is 13.8. The highest BCUT2D eigenvalue weighted by Crippen LogP contribution is 2.40. The van der Waals surface area contributed by atoms with Gasteiger partial charge in [0.1, 0.15) is 17.4 Å². The average Bonchev–Trinajstić information content (AvgIpc) is 3.73. The Hall–Kier alpha value is -5.16. The lowest BCUT2D eigenvalue weighted by molar-refractivity contribution is -0.139. The van der Waals surface area contributed by atoms with Crippen molar-refractivity contribution in [1.82, 2.24) is 34.9 Å². The van der Waals surface area contributed by atoms with Crippen LogP contribution in [0, 0.1) is 5.82 Å². The number of hydrogen-bond donors (Lipinski definition) is 2. The third-order valence-electron chi connectivity index (χ3n) is 7.33. The van der Waals surface area contributed by atoms with Crippen molar-refractivity contribution < 1.29 is 35.2 Å². The number of benzene rings is 1. The monoisotopic (exact) mass is 650 g/mol. The highest BCUT2D eigenvalue weighted by Gasteiger charge is 2.38. The van der Waals surface area contributed by atoms with E-state index in [9.17, 15) is 35.9 Å². The predicted octanol–water partition coefficient (Wildman–Crippen LogP) is 5.61. The van der Waals surface area contributed by atoms with Gasteiger partial charge in [0, 0.05) is 31.1 Å². The molecule has 1 aliphatic rings. The van der Waals surface area contributed by atoms with Gasteiger partial charge in [0.05, 0.1) is 28.4 Å². The van der Waals surface area contributed by atoms with Gasteiger partial charge in [0.25, 0.3) is 11.1 Å². The molecule has 5 aromatic rings. The Bertz CT molecular complexity index is 2020. The number of halogens is 7. The Morgan fingerprint density at radius 3 is 2.43 bits per heavy atom. The number of hydrogen-bond acceptors (Lipinski definition) is 9. The van der Waals surface area contributed by atoms with Gasteiger partial charge < -0.3 is 14.3 Å². The van der Waals surface area contributed by atoms with Crippen molar-refractivity contribution in [3.05, 3.63) is 92.4 Å². The van der Waals surface area contributed by atoms with Crippen LogP contribution in [0.3, 0.4) is 0 Å². The third-order valence-corrected chi connectivity index (χ3v) is 7.33. The molecule has 0 radical (unpaired) electrons. The quantitative estimate of drug-likeness (QED) is 0.195. The van der Waals surface area contributed by atoms with Crippen LogP contribution in [0.25, 0.3) is 22.2 Å². The molecule has 0 saturated heterocycles. The molecule has 1 saturated carbocycles. The van der Waals surface area contributed by atoms with E-state index in [0.29, 0.717) is 18.3 Å². The molecule has 2 N–H and O–H groups in total. The molecule has 4 aromatic heterocycles. The Kier molecular flexibility index (Phi) is 7.81. The third kappa shape index (κ3) is 6.32. The van der Waals surface area contributed by atoms with Crippen LogP contribution >= 0.6 is 0 Å². The van der Waals surface area contributed by atoms with E-state index in [0.717, 1.165) is 25.1 Å². The second-order valence-electron chi connectivity index (χ2n) is 10.6. The molecular formula is C28H21F7N8O3. The number of nitrogens with one attached hydrogen (secondary N) is 2.